The van der Waals surface area contributed by atoms with E-state index in [-0.39, 0.29) is 5.41 Å². The van der Waals surface area contributed by atoms with Crippen LogP contribution in [0.1, 0.15) is 75.8 Å². The molecule has 1 saturated carbocycles. The van der Waals surface area contributed by atoms with Crippen molar-refractivity contribution < 1.29 is 10.2 Å². The highest BCUT2D eigenvalue weighted by Gasteiger charge is 2.39. The lowest BCUT2D eigenvalue weighted by Gasteiger charge is -2.42. The van der Waals surface area contributed by atoms with Crippen LogP contribution in [0.3, 0.4) is 0 Å². The first-order valence-electron chi connectivity index (χ1n) is 10.2. The number of hydrogen-bond donors (Lipinski definition) is 2. The summed E-state index contributed by atoms with van der Waals surface area (Å²) in [6.07, 6.45) is 11.5. The predicted molar refractivity (Wildman–Crippen MR) is 108 cm³/mol. The molecular weight excluding hydrogens is 320 g/mol. The van der Waals surface area contributed by atoms with Crippen LogP contribution in [0.5, 0.6) is 11.5 Å². The summed E-state index contributed by atoms with van der Waals surface area (Å²) in [6.45, 7) is 2.27. The summed E-state index contributed by atoms with van der Waals surface area (Å²) in [6, 6.07) is 15.6. The fourth-order valence-corrected chi connectivity index (χ4v) is 4.75. The maximum Gasteiger partial charge on any atom is 0.115 e. The van der Waals surface area contributed by atoms with Gasteiger partial charge in [0.05, 0.1) is 0 Å². The number of rotatable bonds is 7. The highest BCUT2D eigenvalue weighted by atomic mass is 16.3. The Kier molecular flexibility index (Phi) is 6.24. The molecule has 2 heteroatoms. The minimum Gasteiger partial charge on any atom is -0.508 e. The topological polar surface area (TPSA) is 40.5 Å². The van der Waals surface area contributed by atoms with Crippen molar-refractivity contribution in [2.24, 2.45) is 5.92 Å². The van der Waals surface area contributed by atoms with E-state index in [0.717, 1.165) is 18.8 Å². The van der Waals surface area contributed by atoms with Gasteiger partial charge >= 0.3 is 0 Å². The predicted octanol–water partition coefficient (Wildman–Crippen LogP) is 6.54. The first-order chi connectivity index (χ1) is 12.6. The minimum atomic E-state index is -0.00489. The van der Waals surface area contributed by atoms with Gasteiger partial charge < -0.3 is 10.2 Å². The number of phenolic OH excluding ortho intramolecular Hbond substituents is 2. The summed E-state index contributed by atoms with van der Waals surface area (Å²) in [5.41, 5.74) is 2.58. The van der Waals surface area contributed by atoms with Crippen LogP contribution in [0.15, 0.2) is 48.5 Å². The third-order valence-corrected chi connectivity index (χ3v) is 6.16. The van der Waals surface area contributed by atoms with Crippen molar-refractivity contribution in [2.75, 3.05) is 0 Å². The third kappa shape index (κ3) is 4.23. The second-order valence-electron chi connectivity index (χ2n) is 7.99. The Bertz CT molecular complexity index is 627. The molecule has 2 nitrogen and oxygen atoms in total. The molecule has 1 fully saturated rings. The zero-order valence-corrected chi connectivity index (χ0v) is 16.0. The molecule has 140 valence electrons. The number of hydrogen-bond acceptors (Lipinski definition) is 2. The van der Waals surface area contributed by atoms with Gasteiger partial charge in [-0.3, -0.25) is 0 Å². The molecule has 3 rings (SSSR count). The van der Waals surface area contributed by atoms with Gasteiger partial charge in [-0.2, -0.15) is 0 Å². The fourth-order valence-electron chi connectivity index (χ4n) is 4.75. The Morgan fingerprint density at radius 2 is 1.42 bits per heavy atom. The smallest absolute Gasteiger partial charge is 0.115 e. The van der Waals surface area contributed by atoms with Crippen LogP contribution < -0.4 is 0 Å². The van der Waals surface area contributed by atoms with Gasteiger partial charge in [0.15, 0.2) is 0 Å². The Hall–Kier alpha value is -1.96. The molecule has 0 bridgehead atoms. The summed E-state index contributed by atoms with van der Waals surface area (Å²) in [5, 5.41) is 19.5. The molecule has 0 aliphatic heterocycles. The molecule has 2 N–H and O–H groups in total. The number of aromatic hydroxyl groups is 2. The molecule has 2 aromatic carbocycles. The lowest BCUT2D eigenvalue weighted by Crippen LogP contribution is -2.34. The highest BCUT2D eigenvalue weighted by Crippen LogP contribution is 2.48. The van der Waals surface area contributed by atoms with Gasteiger partial charge in [0.25, 0.3) is 0 Å². The zero-order valence-electron chi connectivity index (χ0n) is 16.0. The molecule has 0 heterocycles. The van der Waals surface area contributed by atoms with Gasteiger partial charge in [-0.1, -0.05) is 76.1 Å². The van der Waals surface area contributed by atoms with E-state index in [1.165, 1.54) is 56.1 Å². The van der Waals surface area contributed by atoms with Crippen molar-refractivity contribution in [3.05, 3.63) is 59.7 Å². The zero-order chi connectivity index (χ0) is 18.4. The minimum absolute atomic E-state index is 0.00489. The number of phenols is 2. The summed E-state index contributed by atoms with van der Waals surface area (Å²) in [7, 11) is 0. The molecular formula is C24H32O2. The van der Waals surface area contributed by atoms with Gasteiger partial charge in [0.2, 0.25) is 0 Å². The van der Waals surface area contributed by atoms with Crippen LogP contribution in [-0.2, 0) is 5.41 Å². The SMILES string of the molecule is CCCCCCC1CCCC(c2ccc(O)cc2)(c2ccc(O)cc2)C1. The van der Waals surface area contributed by atoms with E-state index < -0.39 is 0 Å². The van der Waals surface area contributed by atoms with E-state index in [0.29, 0.717) is 11.5 Å². The maximum absolute atomic E-state index is 9.73. The Labute approximate surface area is 157 Å². The van der Waals surface area contributed by atoms with Crippen molar-refractivity contribution >= 4 is 0 Å². The number of benzene rings is 2. The van der Waals surface area contributed by atoms with Gasteiger partial charge in [-0.05, 0) is 54.2 Å². The molecule has 1 atom stereocenters. The van der Waals surface area contributed by atoms with Crippen LogP contribution in [0.2, 0.25) is 0 Å². The van der Waals surface area contributed by atoms with Crippen LogP contribution in [0, 0.1) is 5.92 Å². The molecule has 2 aromatic rings. The normalized spacial score (nSPS) is 19.3. The summed E-state index contributed by atoms with van der Waals surface area (Å²) >= 11 is 0. The van der Waals surface area contributed by atoms with Crippen molar-refractivity contribution in [1.82, 2.24) is 0 Å². The summed E-state index contributed by atoms with van der Waals surface area (Å²) in [4.78, 5) is 0. The lowest BCUT2D eigenvalue weighted by molar-refractivity contribution is 0.240. The average Bonchev–Trinajstić information content (AvgIpc) is 2.66. The maximum atomic E-state index is 9.73. The van der Waals surface area contributed by atoms with Gasteiger partial charge in [-0.15, -0.1) is 0 Å². The van der Waals surface area contributed by atoms with Crippen molar-refractivity contribution in [1.29, 1.82) is 0 Å². The quantitative estimate of drug-likeness (QED) is 0.555. The molecule has 0 saturated heterocycles. The lowest BCUT2D eigenvalue weighted by atomic mass is 9.61. The molecule has 1 aliphatic carbocycles. The molecule has 0 radical (unpaired) electrons. The Morgan fingerprint density at radius 3 is 1.96 bits per heavy atom. The highest BCUT2D eigenvalue weighted by molar-refractivity contribution is 5.43. The number of unbranched alkanes of at least 4 members (excludes halogenated alkanes) is 3. The van der Waals surface area contributed by atoms with Crippen molar-refractivity contribution in [3.8, 4) is 11.5 Å². The third-order valence-electron chi connectivity index (χ3n) is 6.16. The molecule has 0 amide bonds. The van der Waals surface area contributed by atoms with E-state index in [2.05, 4.69) is 31.2 Å². The molecule has 1 unspecified atom stereocenters. The van der Waals surface area contributed by atoms with Gasteiger partial charge in [0.1, 0.15) is 11.5 Å². The average molecular weight is 353 g/mol. The second kappa shape index (κ2) is 8.62. The van der Waals surface area contributed by atoms with E-state index >= 15 is 0 Å². The van der Waals surface area contributed by atoms with Crippen LogP contribution >= 0.6 is 0 Å². The van der Waals surface area contributed by atoms with E-state index in [4.69, 9.17) is 0 Å². The summed E-state index contributed by atoms with van der Waals surface area (Å²) < 4.78 is 0. The largest absolute Gasteiger partial charge is 0.508 e. The van der Waals surface area contributed by atoms with E-state index in [9.17, 15) is 10.2 Å². The molecule has 0 aromatic heterocycles. The van der Waals surface area contributed by atoms with Crippen molar-refractivity contribution in [3.63, 3.8) is 0 Å². The van der Waals surface area contributed by atoms with Crippen LogP contribution in [0.4, 0.5) is 0 Å². The second-order valence-corrected chi connectivity index (χ2v) is 7.99. The first-order valence-corrected chi connectivity index (χ1v) is 10.2. The molecule has 26 heavy (non-hydrogen) atoms. The summed E-state index contributed by atoms with van der Waals surface area (Å²) in [5.74, 6) is 1.39. The molecule has 1 aliphatic rings. The van der Waals surface area contributed by atoms with Crippen LogP contribution in [-0.4, -0.2) is 10.2 Å². The monoisotopic (exact) mass is 352 g/mol. The fraction of sp³-hybridized carbons (Fsp3) is 0.500. The van der Waals surface area contributed by atoms with Crippen molar-refractivity contribution in [2.45, 2.75) is 70.1 Å². The van der Waals surface area contributed by atoms with Gasteiger partial charge in [-0.25, -0.2) is 0 Å². The first kappa shape index (κ1) is 18.8. The van der Waals surface area contributed by atoms with Crippen LogP contribution in [0.25, 0.3) is 0 Å². The van der Waals surface area contributed by atoms with E-state index in [1.807, 2.05) is 24.3 Å². The van der Waals surface area contributed by atoms with E-state index in [1.54, 1.807) is 0 Å². The van der Waals surface area contributed by atoms with Gasteiger partial charge in [0, 0.05) is 5.41 Å². The molecule has 0 spiro atoms. The Morgan fingerprint density at radius 1 is 0.846 bits per heavy atom. The standard InChI is InChI=1S/C24H32O2/c1-2-3-4-5-7-19-8-6-17-24(18-19,20-9-13-22(25)14-10-20)21-11-15-23(26)16-12-21/h9-16,19,25-26H,2-8,17-18H2,1H3. The Balaban J connectivity index is 1.87.